The number of pyridine rings is 2. The van der Waals surface area contributed by atoms with Crippen LogP contribution in [0.5, 0.6) is 5.75 Å². The van der Waals surface area contributed by atoms with Gasteiger partial charge in [-0.3, -0.25) is 0 Å². The number of carbonyl (C=O) groups excluding carboxylic acids is 1. The number of esters is 1. The fourth-order valence-electron chi connectivity index (χ4n) is 3.33. The number of hydrogen-bond donors (Lipinski definition) is 1. The van der Waals surface area contributed by atoms with Crippen molar-refractivity contribution in [3.05, 3.63) is 83.3 Å². The van der Waals surface area contributed by atoms with E-state index in [-0.39, 0.29) is 5.69 Å². The minimum absolute atomic E-state index is 0.129. The van der Waals surface area contributed by atoms with Crippen LogP contribution >= 0.6 is 0 Å². The SMILES string of the molecule is COC(=O)c1cccc(C(O)c2c(-c3ccc(C)cc3)nn3cc(OC)ccc23)n1. The summed E-state index contributed by atoms with van der Waals surface area (Å²) >= 11 is 0. The molecule has 3 aromatic heterocycles. The smallest absolute Gasteiger partial charge is 0.356 e. The van der Waals surface area contributed by atoms with Crippen LogP contribution in [0.1, 0.15) is 33.4 Å². The predicted molar refractivity (Wildman–Crippen MR) is 112 cm³/mol. The van der Waals surface area contributed by atoms with Crippen LogP contribution in [0, 0.1) is 6.92 Å². The molecule has 0 saturated carbocycles. The molecule has 7 nitrogen and oxygen atoms in total. The van der Waals surface area contributed by atoms with Crippen LogP contribution in [0.4, 0.5) is 0 Å². The lowest BCUT2D eigenvalue weighted by Crippen LogP contribution is -2.09. The van der Waals surface area contributed by atoms with E-state index in [2.05, 4.69) is 4.98 Å². The van der Waals surface area contributed by atoms with Crippen LogP contribution < -0.4 is 4.74 Å². The molecule has 0 saturated heterocycles. The van der Waals surface area contributed by atoms with Gasteiger partial charge in [-0.05, 0) is 31.2 Å². The summed E-state index contributed by atoms with van der Waals surface area (Å²) in [6, 6.07) is 16.4. The van der Waals surface area contributed by atoms with Gasteiger partial charge in [0, 0.05) is 11.1 Å². The molecule has 7 heteroatoms. The van der Waals surface area contributed by atoms with E-state index in [1.165, 1.54) is 7.11 Å². The first kappa shape index (κ1) is 19.6. The lowest BCUT2D eigenvalue weighted by atomic mass is 9.99. The first-order valence-electron chi connectivity index (χ1n) is 9.38. The summed E-state index contributed by atoms with van der Waals surface area (Å²) in [5, 5.41) is 16.0. The van der Waals surface area contributed by atoms with Crippen LogP contribution in [-0.4, -0.2) is 39.9 Å². The number of nitrogens with zero attached hydrogens (tertiary/aromatic N) is 3. The maximum atomic E-state index is 11.9. The largest absolute Gasteiger partial charge is 0.495 e. The minimum Gasteiger partial charge on any atom is -0.495 e. The van der Waals surface area contributed by atoms with Crippen molar-refractivity contribution in [3.8, 4) is 17.0 Å². The second kappa shape index (κ2) is 7.96. The van der Waals surface area contributed by atoms with Crippen molar-refractivity contribution in [2.24, 2.45) is 0 Å². The van der Waals surface area contributed by atoms with Gasteiger partial charge < -0.3 is 14.6 Å². The van der Waals surface area contributed by atoms with Crippen LogP contribution in [0.25, 0.3) is 16.8 Å². The molecule has 0 aliphatic carbocycles. The molecule has 0 fully saturated rings. The summed E-state index contributed by atoms with van der Waals surface area (Å²) < 4.78 is 11.7. The Morgan fingerprint density at radius 2 is 1.83 bits per heavy atom. The lowest BCUT2D eigenvalue weighted by Gasteiger charge is -2.13. The first-order chi connectivity index (χ1) is 14.5. The van der Waals surface area contributed by atoms with Crippen molar-refractivity contribution in [2.75, 3.05) is 14.2 Å². The molecule has 0 radical (unpaired) electrons. The zero-order valence-corrected chi connectivity index (χ0v) is 16.9. The van der Waals surface area contributed by atoms with Gasteiger partial charge in [0.15, 0.2) is 0 Å². The number of benzene rings is 1. The highest BCUT2D eigenvalue weighted by Crippen LogP contribution is 2.35. The highest BCUT2D eigenvalue weighted by atomic mass is 16.5. The third-order valence-electron chi connectivity index (χ3n) is 4.92. The number of rotatable bonds is 5. The highest BCUT2D eigenvalue weighted by molar-refractivity contribution is 5.87. The third-order valence-corrected chi connectivity index (χ3v) is 4.92. The lowest BCUT2D eigenvalue weighted by molar-refractivity contribution is 0.0593. The topological polar surface area (TPSA) is 86.0 Å². The molecule has 0 spiro atoms. The molecule has 0 aliphatic rings. The highest BCUT2D eigenvalue weighted by Gasteiger charge is 2.24. The van der Waals surface area contributed by atoms with E-state index >= 15 is 0 Å². The van der Waals surface area contributed by atoms with E-state index in [0.717, 1.165) is 11.1 Å². The summed E-state index contributed by atoms with van der Waals surface area (Å²) in [5.41, 5.74) is 4.38. The number of ether oxygens (including phenoxy) is 2. The van der Waals surface area contributed by atoms with Gasteiger partial charge in [-0.2, -0.15) is 5.10 Å². The zero-order valence-electron chi connectivity index (χ0n) is 16.9. The average Bonchev–Trinajstić information content (AvgIpc) is 3.17. The fourth-order valence-corrected chi connectivity index (χ4v) is 3.33. The van der Waals surface area contributed by atoms with E-state index in [0.29, 0.717) is 28.2 Å². The second-order valence-electron chi connectivity index (χ2n) is 6.87. The fraction of sp³-hybridized carbons (Fsp3) is 0.174. The number of carbonyl (C=O) groups is 1. The number of aromatic nitrogens is 3. The maximum absolute atomic E-state index is 11.9. The Morgan fingerprint density at radius 1 is 1.07 bits per heavy atom. The molecule has 0 bridgehead atoms. The van der Waals surface area contributed by atoms with E-state index in [1.807, 2.05) is 43.3 Å². The average molecular weight is 403 g/mol. The molecule has 1 N–H and O–H groups in total. The quantitative estimate of drug-likeness (QED) is 0.513. The molecule has 0 aliphatic heterocycles. The molecule has 1 atom stereocenters. The molecule has 1 aromatic carbocycles. The van der Waals surface area contributed by atoms with Crippen LogP contribution in [0.3, 0.4) is 0 Å². The Bertz CT molecular complexity index is 1220. The summed E-state index contributed by atoms with van der Waals surface area (Å²) in [4.78, 5) is 16.2. The Hall–Kier alpha value is -3.71. The van der Waals surface area contributed by atoms with Crippen LogP contribution in [0.2, 0.25) is 0 Å². The van der Waals surface area contributed by atoms with E-state index < -0.39 is 12.1 Å². The molecule has 30 heavy (non-hydrogen) atoms. The molecule has 152 valence electrons. The van der Waals surface area contributed by atoms with Crippen molar-refractivity contribution in [3.63, 3.8) is 0 Å². The predicted octanol–water partition coefficient (Wildman–Crippen LogP) is 3.58. The van der Waals surface area contributed by atoms with Crippen molar-refractivity contribution in [1.82, 2.24) is 14.6 Å². The minimum atomic E-state index is -1.10. The molecule has 0 amide bonds. The van der Waals surface area contributed by atoms with Gasteiger partial charge in [-0.1, -0.05) is 35.9 Å². The Balaban J connectivity index is 1.91. The van der Waals surface area contributed by atoms with Crippen molar-refractivity contribution in [2.45, 2.75) is 13.0 Å². The van der Waals surface area contributed by atoms with Crippen LogP contribution in [0.15, 0.2) is 60.8 Å². The zero-order chi connectivity index (χ0) is 21.3. The Morgan fingerprint density at radius 3 is 2.53 bits per heavy atom. The summed E-state index contributed by atoms with van der Waals surface area (Å²) in [6.07, 6.45) is 0.651. The normalized spacial score (nSPS) is 12.0. The number of aliphatic hydroxyl groups excluding tert-OH is 1. The van der Waals surface area contributed by atoms with Gasteiger partial charge in [-0.25, -0.2) is 14.3 Å². The molecular weight excluding hydrogens is 382 g/mol. The number of methoxy groups -OCH3 is 2. The molecule has 1 unspecified atom stereocenters. The van der Waals surface area contributed by atoms with Crippen molar-refractivity contribution >= 4 is 11.5 Å². The summed E-state index contributed by atoms with van der Waals surface area (Å²) in [5.74, 6) is 0.0831. The monoisotopic (exact) mass is 403 g/mol. The third kappa shape index (κ3) is 3.51. The van der Waals surface area contributed by atoms with Gasteiger partial charge in [0.05, 0.1) is 37.3 Å². The van der Waals surface area contributed by atoms with Gasteiger partial charge in [0.1, 0.15) is 17.5 Å². The van der Waals surface area contributed by atoms with E-state index in [1.54, 1.807) is 36.0 Å². The van der Waals surface area contributed by atoms with E-state index in [9.17, 15) is 9.90 Å². The maximum Gasteiger partial charge on any atom is 0.356 e. The number of fused-ring (bicyclic) bond motifs is 1. The first-order valence-corrected chi connectivity index (χ1v) is 9.38. The Labute approximate surface area is 173 Å². The van der Waals surface area contributed by atoms with Gasteiger partial charge in [-0.15, -0.1) is 0 Å². The van der Waals surface area contributed by atoms with Crippen molar-refractivity contribution in [1.29, 1.82) is 0 Å². The van der Waals surface area contributed by atoms with Crippen molar-refractivity contribution < 1.29 is 19.4 Å². The molecule has 3 heterocycles. The van der Waals surface area contributed by atoms with Gasteiger partial charge in [0.2, 0.25) is 0 Å². The number of aryl methyl sites for hydroxylation is 1. The standard InChI is InChI=1S/C23H21N3O4/c1-14-7-9-15(10-8-14)21-20(19-12-11-16(29-2)13-26(19)25-21)22(27)17-5-4-6-18(24-17)23(28)30-3/h4-13,22,27H,1-3H3. The number of hydrogen-bond acceptors (Lipinski definition) is 6. The number of aliphatic hydroxyl groups is 1. The molecular formula is C23H21N3O4. The summed E-state index contributed by atoms with van der Waals surface area (Å²) in [7, 11) is 2.88. The van der Waals surface area contributed by atoms with Crippen LogP contribution in [-0.2, 0) is 4.74 Å². The molecule has 4 rings (SSSR count). The van der Waals surface area contributed by atoms with Gasteiger partial charge >= 0.3 is 5.97 Å². The summed E-state index contributed by atoms with van der Waals surface area (Å²) in [6.45, 7) is 2.01. The van der Waals surface area contributed by atoms with Gasteiger partial charge in [0.25, 0.3) is 0 Å². The second-order valence-corrected chi connectivity index (χ2v) is 6.87. The van der Waals surface area contributed by atoms with E-state index in [4.69, 9.17) is 14.6 Å². The molecule has 4 aromatic rings. The Kier molecular flexibility index (Phi) is 5.20.